The summed E-state index contributed by atoms with van der Waals surface area (Å²) in [6, 6.07) is 4.04. The van der Waals surface area contributed by atoms with Gasteiger partial charge in [-0.3, -0.25) is 4.79 Å². The van der Waals surface area contributed by atoms with Crippen LogP contribution in [0.4, 0.5) is 18.9 Å². The molecule has 2 rings (SSSR count). The minimum atomic E-state index is -4.46. The first-order valence-electron chi connectivity index (χ1n) is 7.29. The fraction of sp³-hybridized carbons (Fsp3) is 0.533. The van der Waals surface area contributed by atoms with Crippen LogP contribution in [0.2, 0.25) is 5.02 Å². The Morgan fingerprint density at radius 1 is 1.39 bits per heavy atom. The van der Waals surface area contributed by atoms with Crippen molar-refractivity contribution in [1.82, 2.24) is 0 Å². The van der Waals surface area contributed by atoms with Crippen LogP contribution in [0, 0.1) is 5.92 Å². The van der Waals surface area contributed by atoms with Crippen LogP contribution in [0.1, 0.15) is 25.7 Å². The molecule has 0 radical (unpaired) electrons. The lowest BCUT2D eigenvalue weighted by molar-refractivity contribution is -0.153. The number of anilines is 1. The number of nitrogens with one attached hydrogen (secondary N) is 1. The molecule has 2 atom stereocenters. The molecule has 1 amide bonds. The summed E-state index contributed by atoms with van der Waals surface area (Å²) in [6.07, 6.45) is -1.49. The van der Waals surface area contributed by atoms with Crippen LogP contribution in [0.3, 0.4) is 0 Å². The predicted molar refractivity (Wildman–Crippen MR) is 81.6 cm³/mol. The third kappa shape index (κ3) is 5.58. The largest absolute Gasteiger partial charge is 0.482 e. The first-order chi connectivity index (χ1) is 10.7. The Bertz CT molecular complexity index is 566. The summed E-state index contributed by atoms with van der Waals surface area (Å²) < 4.78 is 41.6. The zero-order valence-corrected chi connectivity index (χ0v) is 13.1. The molecule has 128 valence electrons. The average Bonchev–Trinajstić information content (AvgIpc) is 2.82. The maximum Gasteiger partial charge on any atom is 0.422 e. The Labute approximate surface area is 137 Å². The number of benzene rings is 1. The van der Waals surface area contributed by atoms with Gasteiger partial charge in [0.1, 0.15) is 5.75 Å². The molecule has 3 N–H and O–H groups in total. The van der Waals surface area contributed by atoms with E-state index in [0.717, 1.165) is 19.3 Å². The van der Waals surface area contributed by atoms with Crippen molar-refractivity contribution in [2.75, 3.05) is 11.9 Å². The van der Waals surface area contributed by atoms with Crippen LogP contribution in [0.15, 0.2) is 18.2 Å². The highest BCUT2D eigenvalue weighted by Crippen LogP contribution is 2.31. The molecule has 1 aliphatic carbocycles. The minimum absolute atomic E-state index is 0.0129. The third-order valence-electron chi connectivity index (χ3n) is 3.77. The van der Waals surface area contributed by atoms with E-state index in [2.05, 4.69) is 5.32 Å². The van der Waals surface area contributed by atoms with Gasteiger partial charge in [-0.05, 0) is 37.0 Å². The van der Waals surface area contributed by atoms with E-state index >= 15 is 0 Å². The summed E-state index contributed by atoms with van der Waals surface area (Å²) in [7, 11) is 0. The second-order valence-electron chi connectivity index (χ2n) is 5.65. The van der Waals surface area contributed by atoms with E-state index in [9.17, 15) is 18.0 Å². The normalized spacial score (nSPS) is 21.3. The summed E-state index contributed by atoms with van der Waals surface area (Å²) >= 11 is 5.83. The monoisotopic (exact) mass is 350 g/mol. The van der Waals surface area contributed by atoms with Gasteiger partial charge in [0.15, 0.2) is 6.61 Å². The SMILES string of the molecule is N[C@@H]1CCC[C@H]1CC(=O)Nc1cc(Cl)ccc1OCC(F)(F)F. The number of carbonyl (C=O) groups excluding carboxylic acids is 1. The molecule has 23 heavy (non-hydrogen) atoms. The maximum atomic E-state index is 12.3. The van der Waals surface area contributed by atoms with E-state index in [0.29, 0.717) is 0 Å². The van der Waals surface area contributed by atoms with Gasteiger partial charge >= 0.3 is 6.18 Å². The Balaban J connectivity index is 2.02. The van der Waals surface area contributed by atoms with Crippen LogP contribution in [0.5, 0.6) is 5.75 Å². The molecule has 0 aliphatic heterocycles. The summed E-state index contributed by atoms with van der Waals surface area (Å²) in [5.41, 5.74) is 6.04. The van der Waals surface area contributed by atoms with Crippen LogP contribution in [-0.2, 0) is 4.79 Å². The summed E-state index contributed by atoms with van der Waals surface area (Å²) in [5, 5.41) is 2.85. The van der Waals surface area contributed by atoms with Crippen LogP contribution < -0.4 is 15.8 Å². The molecule has 0 unspecified atom stereocenters. The Morgan fingerprint density at radius 3 is 2.74 bits per heavy atom. The second kappa shape index (κ2) is 7.40. The molecule has 0 heterocycles. The van der Waals surface area contributed by atoms with E-state index in [1.165, 1.54) is 18.2 Å². The Hall–Kier alpha value is -1.47. The van der Waals surface area contributed by atoms with Gasteiger partial charge in [0.25, 0.3) is 0 Å². The number of ether oxygens (including phenoxy) is 1. The number of alkyl halides is 3. The lowest BCUT2D eigenvalue weighted by atomic mass is 10.00. The highest BCUT2D eigenvalue weighted by molar-refractivity contribution is 6.31. The van der Waals surface area contributed by atoms with Gasteiger partial charge in [-0.15, -0.1) is 0 Å². The molecule has 0 spiro atoms. The lowest BCUT2D eigenvalue weighted by Crippen LogP contribution is -2.28. The van der Waals surface area contributed by atoms with Crippen molar-refractivity contribution in [3.05, 3.63) is 23.2 Å². The molecular weight excluding hydrogens is 333 g/mol. The van der Waals surface area contributed by atoms with Gasteiger partial charge in [0.2, 0.25) is 5.91 Å². The molecule has 8 heteroatoms. The topological polar surface area (TPSA) is 64.4 Å². The van der Waals surface area contributed by atoms with E-state index in [1.807, 2.05) is 0 Å². The zero-order valence-electron chi connectivity index (χ0n) is 12.3. The van der Waals surface area contributed by atoms with Gasteiger partial charge < -0.3 is 15.8 Å². The standard InChI is InChI=1S/C15H18ClF3N2O2/c16-10-4-5-13(23-8-15(17,18)19)12(7-10)21-14(22)6-9-2-1-3-11(9)20/h4-5,7,9,11H,1-3,6,8,20H2,(H,21,22)/t9-,11+/m0/s1. The molecule has 1 aromatic rings. The highest BCUT2D eigenvalue weighted by Gasteiger charge is 2.29. The summed E-state index contributed by atoms with van der Waals surface area (Å²) in [5.74, 6) is -0.295. The number of halogens is 4. The van der Waals surface area contributed by atoms with Gasteiger partial charge in [0, 0.05) is 17.5 Å². The highest BCUT2D eigenvalue weighted by atomic mass is 35.5. The van der Waals surface area contributed by atoms with Crippen molar-refractivity contribution in [3.63, 3.8) is 0 Å². The van der Waals surface area contributed by atoms with Crippen LogP contribution in [0.25, 0.3) is 0 Å². The molecule has 0 saturated heterocycles. The van der Waals surface area contributed by atoms with Gasteiger partial charge in [-0.2, -0.15) is 13.2 Å². The van der Waals surface area contributed by atoms with Crippen LogP contribution >= 0.6 is 11.6 Å². The molecular formula is C15H18ClF3N2O2. The summed E-state index contributed by atoms with van der Waals surface area (Å²) in [4.78, 5) is 12.1. The van der Waals surface area contributed by atoms with Crippen molar-refractivity contribution in [3.8, 4) is 5.75 Å². The van der Waals surface area contributed by atoms with Crippen LogP contribution in [-0.4, -0.2) is 24.7 Å². The van der Waals surface area contributed by atoms with Crippen molar-refractivity contribution in [2.24, 2.45) is 11.7 Å². The fourth-order valence-corrected chi connectivity index (χ4v) is 2.82. The number of hydrogen-bond acceptors (Lipinski definition) is 3. The maximum absolute atomic E-state index is 12.3. The first kappa shape index (κ1) is 17.9. The first-order valence-corrected chi connectivity index (χ1v) is 7.67. The van der Waals surface area contributed by atoms with Gasteiger partial charge in [0.05, 0.1) is 5.69 Å². The Kier molecular flexibility index (Phi) is 5.75. The van der Waals surface area contributed by atoms with E-state index in [4.69, 9.17) is 22.1 Å². The molecule has 0 bridgehead atoms. The van der Waals surface area contributed by atoms with Crippen molar-refractivity contribution in [1.29, 1.82) is 0 Å². The fourth-order valence-electron chi connectivity index (χ4n) is 2.64. The number of hydrogen-bond donors (Lipinski definition) is 2. The van der Waals surface area contributed by atoms with Gasteiger partial charge in [-0.25, -0.2) is 0 Å². The quantitative estimate of drug-likeness (QED) is 0.850. The average molecular weight is 351 g/mol. The number of rotatable bonds is 5. The van der Waals surface area contributed by atoms with E-state index < -0.39 is 12.8 Å². The number of nitrogens with two attached hydrogens (primary N) is 1. The van der Waals surface area contributed by atoms with Crippen molar-refractivity contribution in [2.45, 2.75) is 37.9 Å². The number of amides is 1. The van der Waals surface area contributed by atoms with Crippen molar-refractivity contribution < 1.29 is 22.7 Å². The predicted octanol–water partition coefficient (Wildman–Crippen LogP) is 3.74. The minimum Gasteiger partial charge on any atom is -0.482 e. The van der Waals surface area contributed by atoms with Crippen molar-refractivity contribution >= 4 is 23.2 Å². The second-order valence-corrected chi connectivity index (χ2v) is 6.09. The molecule has 4 nitrogen and oxygen atoms in total. The molecule has 1 fully saturated rings. The van der Waals surface area contributed by atoms with E-state index in [-0.39, 0.29) is 40.7 Å². The third-order valence-corrected chi connectivity index (χ3v) is 4.01. The molecule has 1 aliphatic rings. The van der Waals surface area contributed by atoms with Gasteiger partial charge in [-0.1, -0.05) is 18.0 Å². The molecule has 1 saturated carbocycles. The Morgan fingerprint density at radius 2 is 2.13 bits per heavy atom. The lowest BCUT2D eigenvalue weighted by Gasteiger charge is -2.17. The smallest absolute Gasteiger partial charge is 0.422 e. The number of carbonyl (C=O) groups is 1. The summed E-state index contributed by atoms with van der Waals surface area (Å²) in [6.45, 7) is -1.44. The zero-order chi connectivity index (χ0) is 17.0. The molecule has 1 aromatic carbocycles. The van der Waals surface area contributed by atoms with E-state index in [1.54, 1.807) is 0 Å². The molecule has 0 aromatic heterocycles.